The van der Waals surface area contributed by atoms with Crippen LogP contribution in [0.15, 0.2) is 18.2 Å². The second-order valence-electron chi connectivity index (χ2n) is 3.93. The summed E-state index contributed by atoms with van der Waals surface area (Å²) in [5.41, 5.74) is 0.669. The van der Waals surface area contributed by atoms with Crippen molar-refractivity contribution in [2.24, 2.45) is 0 Å². The number of fused-ring (bicyclic) bond motifs is 1. The first-order valence-electron chi connectivity index (χ1n) is 5.41. The predicted molar refractivity (Wildman–Crippen MR) is 65.5 cm³/mol. The fourth-order valence-corrected chi connectivity index (χ4v) is 1.98. The maximum Gasteiger partial charge on any atom is 0.261 e. The monoisotopic (exact) mass is 266 g/mol. The highest BCUT2D eigenvalue weighted by Gasteiger charge is 2.35. The zero-order chi connectivity index (χ0) is 13.3. The van der Waals surface area contributed by atoms with E-state index in [-0.39, 0.29) is 30.8 Å². The number of nitrogens with zero attached hydrogens (tertiary/aromatic N) is 1. The van der Waals surface area contributed by atoms with E-state index in [1.54, 1.807) is 6.07 Å². The van der Waals surface area contributed by atoms with Crippen LogP contribution in [0.1, 0.15) is 27.6 Å². The standard InChI is InChI=1S/C12H11ClN2O3/c1-7(16)14-4-5-15-11(17)9-3-2-8(13)6-10(9)12(15)18/h2-3,6H,4-5H2,1H3,(H,14,16). The third-order valence-electron chi connectivity index (χ3n) is 2.64. The zero-order valence-electron chi connectivity index (χ0n) is 9.70. The van der Waals surface area contributed by atoms with Crippen molar-refractivity contribution in [1.82, 2.24) is 10.2 Å². The number of benzene rings is 1. The highest BCUT2D eigenvalue weighted by molar-refractivity contribution is 6.32. The van der Waals surface area contributed by atoms with E-state index in [2.05, 4.69) is 5.32 Å². The van der Waals surface area contributed by atoms with Crippen LogP contribution in [0.5, 0.6) is 0 Å². The quantitative estimate of drug-likeness (QED) is 0.833. The summed E-state index contributed by atoms with van der Waals surface area (Å²) >= 11 is 5.79. The minimum Gasteiger partial charge on any atom is -0.355 e. The highest BCUT2D eigenvalue weighted by Crippen LogP contribution is 2.25. The van der Waals surface area contributed by atoms with Gasteiger partial charge >= 0.3 is 0 Å². The number of hydrogen-bond donors (Lipinski definition) is 1. The molecule has 0 fully saturated rings. The Hall–Kier alpha value is -1.88. The van der Waals surface area contributed by atoms with Gasteiger partial charge in [0.05, 0.1) is 11.1 Å². The van der Waals surface area contributed by atoms with Gasteiger partial charge in [0.1, 0.15) is 0 Å². The summed E-state index contributed by atoms with van der Waals surface area (Å²) in [6.45, 7) is 1.78. The lowest BCUT2D eigenvalue weighted by Crippen LogP contribution is -2.37. The van der Waals surface area contributed by atoms with Crippen molar-refractivity contribution in [1.29, 1.82) is 0 Å². The Balaban J connectivity index is 2.15. The summed E-state index contributed by atoms with van der Waals surface area (Å²) in [4.78, 5) is 35.7. The van der Waals surface area contributed by atoms with E-state index < -0.39 is 0 Å². The molecule has 94 valence electrons. The van der Waals surface area contributed by atoms with Crippen LogP contribution in [0.2, 0.25) is 5.02 Å². The minimum atomic E-state index is -0.372. The zero-order valence-corrected chi connectivity index (χ0v) is 10.5. The van der Waals surface area contributed by atoms with Crippen molar-refractivity contribution >= 4 is 29.3 Å². The molecule has 0 bridgehead atoms. The molecule has 0 saturated heterocycles. The van der Waals surface area contributed by atoms with Gasteiger partial charge in [0.25, 0.3) is 11.8 Å². The van der Waals surface area contributed by atoms with Gasteiger partial charge in [-0.2, -0.15) is 0 Å². The van der Waals surface area contributed by atoms with Crippen LogP contribution in [0.3, 0.4) is 0 Å². The molecule has 0 atom stereocenters. The topological polar surface area (TPSA) is 66.5 Å². The highest BCUT2D eigenvalue weighted by atomic mass is 35.5. The molecule has 1 heterocycles. The van der Waals surface area contributed by atoms with E-state index in [9.17, 15) is 14.4 Å². The lowest BCUT2D eigenvalue weighted by molar-refractivity contribution is -0.119. The molecule has 0 saturated carbocycles. The van der Waals surface area contributed by atoms with Gasteiger partial charge in [-0.1, -0.05) is 11.6 Å². The Kier molecular flexibility index (Phi) is 3.34. The smallest absolute Gasteiger partial charge is 0.261 e. The molecule has 18 heavy (non-hydrogen) atoms. The van der Waals surface area contributed by atoms with Crippen molar-refractivity contribution in [2.45, 2.75) is 6.92 Å². The van der Waals surface area contributed by atoms with Crippen LogP contribution in [0.25, 0.3) is 0 Å². The lowest BCUT2D eigenvalue weighted by Gasteiger charge is -2.13. The number of halogens is 1. The predicted octanol–water partition coefficient (Wildman–Crippen LogP) is 1.07. The van der Waals surface area contributed by atoms with Crippen LogP contribution in [-0.2, 0) is 4.79 Å². The van der Waals surface area contributed by atoms with E-state index >= 15 is 0 Å². The normalized spacial score (nSPS) is 13.8. The fraction of sp³-hybridized carbons (Fsp3) is 0.250. The molecule has 0 aliphatic carbocycles. The van der Waals surface area contributed by atoms with Gasteiger partial charge in [-0.3, -0.25) is 19.3 Å². The van der Waals surface area contributed by atoms with Crippen molar-refractivity contribution in [3.05, 3.63) is 34.3 Å². The van der Waals surface area contributed by atoms with Gasteiger partial charge in [0.2, 0.25) is 5.91 Å². The summed E-state index contributed by atoms with van der Waals surface area (Å²) in [6, 6.07) is 4.59. The van der Waals surface area contributed by atoms with E-state index in [4.69, 9.17) is 11.6 Å². The van der Waals surface area contributed by atoms with Gasteiger partial charge in [0.15, 0.2) is 0 Å². The number of hydrogen-bond acceptors (Lipinski definition) is 3. The molecule has 3 amide bonds. The third kappa shape index (κ3) is 2.22. The van der Waals surface area contributed by atoms with Crippen LogP contribution in [0, 0.1) is 0 Å². The van der Waals surface area contributed by atoms with Crippen molar-refractivity contribution in [2.75, 3.05) is 13.1 Å². The van der Waals surface area contributed by atoms with Crippen molar-refractivity contribution in [3.63, 3.8) is 0 Å². The first kappa shape index (κ1) is 12.6. The van der Waals surface area contributed by atoms with E-state index in [0.717, 1.165) is 4.90 Å². The summed E-state index contributed by atoms with van der Waals surface area (Å²) in [5, 5.41) is 2.96. The maximum absolute atomic E-state index is 12.0. The molecule has 6 heteroatoms. The summed E-state index contributed by atoms with van der Waals surface area (Å²) in [5.74, 6) is -0.922. The Morgan fingerprint density at radius 2 is 1.94 bits per heavy atom. The maximum atomic E-state index is 12.0. The van der Waals surface area contributed by atoms with E-state index in [1.165, 1.54) is 19.1 Å². The minimum absolute atomic E-state index is 0.156. The first-order valence-corrected chi connectivity index (χ1v) is 5.78. The number of carbonyl (C=O) groups is 3. The number of carbonyl (C=O) groups excluding carboxylic acids is 3. The summed E-state index contributed by atoms with van der Waals surface area (Å²) in [6.07, 6.45) is 0. The SMILES string of the molecule is CC(=O)NCCN1C(=O)c2ccc(Cl)cc2C1=O. The average Bonchev–Trinajstić information content (AvgIpc) is 2.53. The second-order valence-corrected chi connectivity index (χ2v) is 4.37. The number of rotatable bonds is 3. The van der Waals surface area contributed by atoms with Crippen LogP contribution >= 0.6 is 11.6 Å². The van der Waals surface area contributed by atoms with E-state index in [0.29, 0.717) is 16.1 Å². The van der Waals surface area contributed by atoms with Crippen molar-refractivity contribution < 1.29 is 14.4 Å². The molecular formula is C12H11ClN2O3. The number of amides is 3. The molecule has 1 aromatic rings. The summed E-state index contributed by atoms with van der Waals surface area (Å²) < 4.78 is 0. The average molecular weight is 267 g/mol. The van der Waals surface area contributed by atoms with Crippen LogP contribution in [0.4, 0.5) is 0 Å². The largest absolute Gasteiger partial charge is 0.355 e. The molecule has 0 aromatic heterocycles. The Morgan fingerprint density at radius 1 is 1.28 bits per heavy atom. The molecule has 1 aliphatic heterocycles. The summed E-state index contributed by atoms with van der Waals surface area (Å²) in [7, 11) is 0. The van der Waals surface area contributed by atoms with Gasteiger partial charge in [-0.25, -0.2) is 0 Å². The second kappa shape index (κ2) is 4.78. The molecule has 0 spiro atoms. The van der Waals surface area contributed by atoms with Gasteiger partial charge < -0.3 is 5.32 Å². The molecule has 1 aromatic carbocycles. The fourth-order valence-electron chi connectivity index (χ4n) is 1.81. The molecule has 1 N–H and O–H groups in total. The van der Waals surface area contributed by atoms with Crippen LogP contribution in [-0.4, -0.2) is 35.7 Å². The molecule has 0 radical (unpaired) electrons. The molecule has 2 rings (SSSR count). The first-order chi connectivity index (χ1) is 8.50. The molecule has 5 nitrogen and oxygen atoms in total. The lowest BCUT2D eigenvalue weighted by atomic mass is 10.1. The molecule has 0 unspecified atom stereocenters. The Bertz CT molecular complexity index is 542. The van der Waals surface area contributed by atoms with Gasteiger partial charge in [0, 0.05) is 25.0 Å². The number of imide groups is 1. The third-order valence-corrected chi connectivity index (χ3v) is 2.88. The van der Waals surface area contributed by atoms with E-state index in [1.807, 2.05) is 0 Å². The molecule has 1 aliphatic rings. The Labute approximate surface area is 109 Å². The van der Waals surface area contributed by atoms with Crippen molar-refractivity contribution in [3.8, 4) is 0 Å². The number of nitrogens with one attached hydrogen (secondary N) is 1. The van der Waals surface area contributed by atoms with Gasteiger partial charge in [-0.05, 0) is 18.2 Å². The van der Waals surface area contributed by atoms with Gasteiger partial charge in [-0.15, -0.1) is 0 Å². The molecular weight excluding hydrogens is 256 g/mol. The van der Waals surface area contributed by atoms with Crippen LogP contribution < -0.4 is 5.32 Å². The Morgan fingerprint density at radius 3 is 2.61 bits per heavy atom.